The van der Waals surface area contributed by atoms with Crippen LogP contribution in [0.25, 0.3) is 11.1 Å². The largest absolute Gasteiger partial charge is 0.328 e. The van der Waals surface area contributed by atoms with Gasteiger partial charge in [-0.05, 0) is 22.8 Å². The standard InChI is InChI=1S/C24H15N3O5/c28-19-16-10-5-4-9-14(16)15-11-6-12-17(18(15)19)20(29)27-24(13-7-2-1-3-8-13)21(30)25-23(32)26-22(24)31/h1-12H,(H,27,29)(H2,25,26,30,31,32). The molecule has 0 bridgehead atoms. The van der Waals surface area contributed by atoms with Crippen molar-refractivity contribution >= 4 is 29.5 Å². The number of urea groups is 1. The van der Waals surface area contributed by atoms with Crippen LogP contribution in [0.1, 0.15) is 31.8 Å². The van der Waals surface area contributed by atoms with Crippen molar-refractivity contribution < 1.29 is 24.0 Å². The van der Waals surface area contributed by atoms with Gasteiger partial charge in [-0.3, -0.25) is 29.8 Å². The Kier molecular flexibility index (Phi) is 4.23. The average molecular weight is 425 g/mol. The molecule has 0 atom stereocenters. The second-order valence-electron chi connectivity index (χ2n) is 7.41. The summed E-state index contributed by atoms with van der Waals surface area (Å²) in [5, 5.41) is 6.57. The summed E-state index contributed by atoms with van der Waals surface area (Å²) in [6, 6.07) is 18.7. The first-order valence-electron chi connectivity index (χ1n) is 9.75. The first-order chi connectivity index (χ1) is 15.4. The number of hydrogen-bond acceptors (Lipinski definition) is 5. The van der Waals surface area contributed by atoms with E-state index in [9.17, 15) is 24.0 Å². The fourth-order valence-electron chi connectivity index (χ4n) is 4.16. The van der Waals surface area contributed by atoms with Crippen LogP contribution in [0, 0.1) is 0 Å². The Hall–Kier alpha value is -4.59. The molecule has 0 aromatic heterocycles. The van der Waals surface area contributed by atoms with Gasteiger partial charge in [0.25, 0.3) is 17.7 Å². The fourth-order valence-corrected chi connectivity index (χ4v) is 4.16. The number of carbonyl (C=O) groups excluding carboxylic acids is 5. The summed E-state index contributed by atoms with van der Waals surface area (Å²) >= 11 is 0. The number of nitrogens with one attached hydrogen (secondary N) is 3. The quantitative estimate of drug-likeness (QED) is 0.433. The van der Waals surface area contributed by atoms with Crippen molar-refractivity contribution in [2.75, 3.05) is 0 Å². The Labute approximate surface area is 181 Å². The summed E-state index contributed by atoms with van der Waals surface area (Å²) in [5.74, 6) is -3.10. The van der Waals surface area contributed by atoms with Crippen LogP contribution in [0.15, 0.2) is 72.8 Å². The number of rotatable bonds is 3. The van der Waals surface area contributed by atoms with Gasteiger partial charge < -0.3 is 5.32 Å². The average Bonchev–Trinajstić information content (AvgIpc) is 3.09. The first kappa shape index (κ1) is 19.4. The van der Waals surface area contributed by atoms with E-state index in [2.05, 4.69) is 5.32 Å². The van der Waals surface area contributed by atoms with Gasteiger partial charge in [0, 0.05) is 11.1 Å². The summed E-state index contributed by atoms with van der Waals surface area (Å²) in [7, 11) is 0. The summed E-state index contributed by atoms with van der Waals surface area (Å²) in [6.07, 6.45) is 0. The van der Waals surface area contributed by atoms with Crippen molar-refractivity contribution in [1.29, 1.82) is 0 Å². The normalized spacial score (nSPS) is 16.0. The predicted molar refractivity (Wildman–Crippen MR) is 113 cm³/mol. The van der Waals surface area contributed by atoms with Gasteiger partial charge in [0.2, 0.25) is 5.54 Å². The highest BCUT2D eigenvalue weighted by atomic mass is 16.2. The molecular weight excluding hydrogens is 410 g/mol. The zero-order valence-electron chi connectivity index (χ0n) is 16.5. The molecule has 3 aromatic rings. The third-order valence-electron chi connectivity index (χ3n) is 5.64. The minimum Gasteiger partial charge on any atom is -0.326 e. The van der Waals surface area contributed by atoms with Gasteiger partial charge in [-0.1, -0.05) is 66.7 Å². The number of fused-ring (bicyclic) bond motifs is 3. The van der Waals surface area contributed by atoms with Crippen molar-refractivity contribution in [3.63, 3.8) is 0 Å². The Morgan fingerprint density at radius 2 is 1.28 bits per heavy atom. The Morgan fingerprint density at radius 1 is 0.688 bits per heavy atom. The molecule has 0 spiro atoms. The maximum Gasteiger partial charge on any atom is 0.328 e. The highest BCUT2D eigenvalue weighted by Gasteiger charge is 2.53. The lowest BCUT2D eigenvalue weighted by molar-refractivity contribution is -0.139. The van der Waals surface area contributed by atoms with Crippen molar-refractivity contribution in [1.82, 2.24) is 16.0 Å². The van der Waals surface area contributed by atoms with Crippen molar-refractivity contribution in [3.8, 4) is 11.1 Å². The summed E-state index contributed by atoms with van der Waals surface area (Å²) in [6.45, 7) is 0. The van der Waals surface area contributed by atoms with Crippen molar-refractivity contribution in [2.45, 2.75) is 5.54 Å². The van der Waals surface area contributed by atoms with E-state index in [1.807, 2.05) is 10.6 Å². The van der Waals surface area contributed by atoms with E-state index in [0.717, 1.165) is 0 Å². The molecule has 2 aliphatic rings. The Morgan fingerprint density at radius 3 is 1.97 bits per heavy atom. The van der Waals surface area contributed by atoms with Crippen LogP contribution in [-0.4, -0.2) is 29.5 Å². The van der Waals surface area contributed by atoms with Crippen LogP contribution in [0.2, 0.25) is 0 Å². The van der Waals surface area contributed by atoms with Gasteiger partial charge in [-0.15, -0.1) is 0 Å². The molecule has 32 heavy (non-hydrogen) atoms. The van der Waals surface area contributed by atoms with Crippen molar-refractivity contribution in [3.05, 3.63) is 95.1 Å². The molecule has 8 nitrogen and oxygen atoms in total. The number of amides is 5. The molecule has 0 saturated carbocycles. The Balaban J connectivity index is 1.62. The molecule has 0 radical (unpaired) electrons. The van der Waals surface area contributed by atoms with Crippen LogP contribution in [-0.2, 0) is 15.1 Å². The Bertz CT molecular complexity index is 1330. The van der Waals surface area contributed by atoms with Gasteiger partial charge in [-0.25, -0.2) is 4.79 Å². The minimum absolute atomic E-state index is 0.0245. The molecule has 1 aliphatic carbocycles. The highest BCUT2D eigenvalue weighted by Crippen LogP contribution is 2.38. The van der Waals surface area contributed by atoms with E-state index < -0.39 is 29.3 Å². The lowest BCUT2D eigenvalue weighted by Gasteiger charge is -2.35. The van der Waals surface area contributed by atoms with Crippen LogP contribution in [0.3, 0.4) is 0 Å². The molecule has 5 amide bonds. The van der Waals surface area contributed by atoms with Gasteiger partial charge in [0.15, 0.2) is 5.78 Å². The van der Waals surface area contributed by atoms with E-state index in [1.165, 1.54) is 18.2 Å². The monoisotopic (exact) mass is 425 g/mol. The second kappa shape index (κ2) is 6.98. The zero-order valence-corrected chi connectivity index (χ0v) is 16.5. The number of ketones is 1. The van der Waals surface area contributed by atoms with Crippen LogP contribution >= 0.6 is 0 Å². The molecule has 3 aromatic carbocycles. The molecule has 1 heterocycles. The van der Waals surface area contributed by atoms with E-state index in [-0.39, 0.29) is 22.5 Å². The highest BCUT2D eigenvalue weighted by molar-refractivity contribution is 6.28. The van der Waals surface area contributed by atoms with Gasteiger partial charge >= 0.3 is 6.03 Å². The number of imide groups is 2. The molecule has 1 aliphatic heterocycles. The molecule has 0 unspecified atom stereocenters. The van der Waals surface area contributed by atoms with Gasteiger partial charge in [-0.2, -0.15) is 0 Å². The van der Waals surface area contributed by atoms with E-state index in [1.54, 1.807) is 54.6 Å². The van der Waals surface area contributed by atoms with Crippen molar-refractivity contribution in [2.24, 2.45) is 0 Å². The predicted octanol–water partition coefficient (Wildman–Crippen LogP) is 1.89. The third-order valence-corrected chi connectivity index (χ3v) is 5.64. The third kappa shape index (κ3) is 2.66. The molecule has 1 saturated heterocycles. The molecule has 156 valence electrons. The molecular formula is C24H15N3O5. The smallest absolute Gasteiger partial charge is 0.326 e. The van der Waals surface area contributed by atoms with Gasteiger partial charge in [0.05, 0.1) is 5.56 Å². The molecule has 1 fully saturated rings. The van der Waals surface area contributed by atoms with E-state index in [4.69, 9.17) is 0 Å². The van der Waals surface area contributed by atoms with Crippen LogP contribution in [0.5, 0.6) is 0 Å². The summed E-state index contributed by atoms with van der Waals surface area (Å²) in [5.41, 5.74) is -0.0296. The topological polar surface area (TPSA) is 121 Å². The van der Waals surface area contributed by atoms with E-state index in [0.29, 0.717) is 16.7 Å². The number of barbiturate groups is 1. The number of benzene rings is 3. The van der Waals surface area contributed by atoms with Gasteiger partial charge in [0.1, 0.15) is 0 Å². The first-order valence-corrected chi connectivity index (χ1v) is 9.75. The maximum atomic E-state index is 13.4. The fraction of sp³-hybridized carbons (Fsp3) is 0.0417. The second-order valence-corrected chi connectivity index (χ2v) is 7.41. The lowest BCUT2D eigenvalue weighted by Crippen LogP contribution is -2.71. The SMILES string of the molecule is O=C1NC(=O)C(NC(=O)c2cccc3c2C(=O)c2ccccc2-3)(c2ccccc2)C(=O)N1. The number of hydrogen-bond donors (Lipinski definition) is 3. The summed E-state index contributed by atoms with van der Waals surface area (Å²) in [4.78, 5) is 63.9. The van der Waals surface area contributed by atoms with Crippen LogP contribution in [0.4, 0.5) is 4.79 Å². The van der Waals surface area contributed by atoms with Crippen LogP contribution < -0.4 is 16.0 Å². The lowest BCUT2D eigenvalue weighted by atomic mass is 9.85. The maximum absolute atomic E-state index is 13.4. The molecule has 8 heteroatoms. The summed E-state index contributed by atoms with van der Waals surface area (Å²) < 4.78 is 0. The number of carbonyl (C=O) groups is 5. The van der Waals surface area contributed by atoms with E-state index >= 15 is 0 Å². The molecule has 5 rings (SSSR count). The minimum atomic E-state index is -2.19. The molecule has 3 N–H and O–H groups in total. The zero-order chi connectivity index (χ0) is 22.5.